The number of nitrogens with zero attached hydrogens (tertiary/aromatic N) is 1. The van der Waals surface area contributed by atoms with E-state index >= 15 is 0 Å². The van der Waals surface area contributed by atoms with Gasteiger partial charge in [0.15, 0.2) is 5.69 Å². The number of aromatic nitrogens is 1. The summed E-state index contributed by atoms with van der Waals surface area (Å²) >= 11 is 1.29. The number of benzene rings is 2. The summed E-state index contributed by atoms with van der Waals surface area (Å²) in [6.07, 6.45) is 2.47. The highest BCUT2D eigenvalue weighted by atomic mass is 32.1. The lowest BCUT2D eigenvalue weighted by Crippen LogP contribution is -3.07. The minimum absolute atomic E-state index is 0.0203. The lowest BCUT2D eigenvalue weighted by molar-refractivity contribution is -0.660. The quantitative estimate of drug-likeness (QED) is 0.390. The molecule has 176 valence electrons. The molecule has 2 aliphatic heterocycles. The molecule has 3 N–H and O–H groups in total. The zero-order chi connectivity index (χ0) is 23.9. The predicted octanol–water partition coefficient (Wildman–Crippen LogP) is 4.31. The van der Waals surface area contributed by atoms with Gasteiger partial charge in [0, 0.05) is 30.5 Å². The van der Waals surface area contributed by atoms with Crippen LogP contribution >= 0.6 is 11.3 Å². The van der Waals surface area contributed by atoms with Gasteiger partial charge in [-0.3, -0.25) is 10.1 Å². The Morgan fingerprint density at radius 3 is 2.80 bits per heavy atom. The molecule has 8 nitrogen and oxygen atoms in total. The van der Waals surface area contributed by atoms with E-state index in [0.717, 1.165) is 34.5 Å². The third-order valence-corrected chi connectivity index (χ3v) is 7.34. The molecule has 0 saturated carbocycles. The largest absolute Gasteiger partial charge is 0.457 e. The summed E-state index contributed by atoms with van der Waals surface area (Å²) in [6, 6.07) is 16.8. The van der Waals surface area contributed by atoms with Crippen LogP contribution in [0.5, 0.6) is 11.5 Å². The average molecular weight is 488 g/mol. The van der Waals surface area contributed by atoms with E-state index in [4.69, 9.17) is 9.47 Å². The average Bonchev–Trinajstić information content (AvgIpc) is 3.50. The van der Waals surface area contributed by atoms with E-state index in [-0.39, 0.29) is 18.0 Å². The van der Waals surface area contributed by atoms with Gasteiger partial charge in [-0.2, -0.15) is 4.90 Å². The molecule has 2 aromatic heterocycles. The number of anilines is 1. The Labute approximate surface area is 205 Å². The molecule has 6 rings (SSSR count). The Balaban J connectivity index is 1.36. The maximum Gasteiger partial charge on any atom is 0.429 e. The van der Waals surface area contributed by atoms with Crippen molar-refractivity contribution in [2.75, 3.05) is 18.5 Å². The number of nitrogens with one attached hydrogen (secondary N) is 3. The summed E-state index contributed by atoms with van der Waals surface area (Å²) in [5, 5.41) is 6.79. The van der Waals surface area contributed by atoms with E-state index in [1.807, 2.05) is 61.5 Å². The number of carbonyl (C=O) groups excluding carboxylic acids is 2. The number of hydrogen-bond donors (Lipinski definition) is 3. The standard InChI is InChI=1S/C26H22N4O4S/c1-15-13-18(34-17-5-3-2-4-6-17)7-8-19(15)30-20-9-11-27-25-21(20)22(29-26(30)32)23(35-25)24(31)28-16-10-12-33-14-16/h2-9,11,13,16H,10,12,14H2,1H3,(H,28,31)(H,29,32)/p+1/t16-/m0/s1. The van der Waals surface area contributed by atoms with Crippen LogP contribution in [0.3, 0.4) is 0 Å². The van der Waals surface area contributed by atoms with Crippen molar-refractivity contribution >= 4 is 50.6 Å². The van der Waals surface area contributed by atoms with Gasteiger partial charge in [-0.15, -0.1) is 11.3 Å². The summed E-state index contributed by atoms with van der Waals surface area (Å²) in [6.45, 7) is 3.10. The highest BCUT2D eigenvalue weighted by Crippen LogP contribution is 2.40. The number of ether oxygens (including phenoxy) is 2. The van der Waals surface area contributed by atoms with Gasteiger partial charge in [-0.05, 0) is 37.6 Å². The van der Waals surface area contributed by atoms with Gasteiger partial charge in [-0.25, -0.2) is 9.78 Å². The smallest absolute Gasteiger partial charge is 0.429 e. The second kappa shape index (κ2) is 8.77. The van der Waals surface area contributed by atoms with Crippen molar-refractivity contribution in [2.45, 2.75) is 19.4 Å². The predicted molar refractivity (Wildman–Crippen MR) is 133 cm³/mol. The third-order valence-electron chi connectivity index (χ3n) is 6.24. The number of carbonyl (C=O) groups is 2. The summed E-state index contributed by atoms with van der Waals surface area (Å²) in [4.78, 5) is 32.6. The Morgan fingerprint density at radius 1 is 1.17 bits per heavy atom. The van der Waals surface area contributed by atoms with Crippen LogP contribution in [0.2, 0.25) is 0 Å². The molecule has 2 aromatic carbocycles. The molecule has 1 fully saturated rings. The van der Waals surface area contributed by atoms with Gasteiger partial charge in [0.25, 0.3) is 5.91 Å². The van der Waals surface area contributed by atoms with Gasteiger partial charge < -0.3 is 14.8 Å². The van der Waals surface area contributed by atoms with E-state index in [9.17, 15) is 9.59 Å². The molecule has 0 aliphatic carbocycles. The molecule has 1 saturated heterocycles. The second-order valence-corrected chi connectivity index (χ2v) is 9.60. The fourth-order valence-corrected chi connectivity index (χ4v) is 5.61. The molecule has 3 amide bonds. The molecule has 2 aliphatic rings. The number of amides is 3. The summed E-state index contributed by atoms with van der Waals surface area (Å²) in [5.74, 6) is 1.23. The Bertz CT molecular complexity index is 1450. The van der Waals surface area contributed by atoms with Crippen LogP contribution in [0.1, 0.15) is 21.7 Å². The van der Waals surface area contributed by atoms with Crippen LogP contribution < -0.4 is 20.3 Å². The lowest BCUT2D eigenvalue weighted by Gasteiger charge is -2.23. The van der Waals surface area contributed by atoms with E-state index in [1.165, 1.54) is 11.3 Å². The molecule has 0 bridgehead atoms. The first-order valence-electron chi connectivity index (χ1n) is 11.4. The van der Waals surface area contributed by atoms with Crippen LogP contribution in [-0.4, -0.2) is 36.2 Å². The first kappa shape index (κ1) is 21.7. The summed E-state index contributed by atoms with van der Waals surface area (Å²) < 4.78 is 11.3. The van der Waals surface area contributed by atoms with E-state index in [1.54, 1.807) is 6.20 Å². The monoisotopic (exact) mass is 487 g/mol. The molecule has 0 radical (unpaired) electrons. The number of aryl methyl sites for hydroxylation is 1. The minimum Gasteiger partial charge on any atom is -0.457 e. The highest BCUT2D eigenvalue weighted by Gasteiger charge is 2.38. The maximum atomic E-state index is 13.4. The van der Waals surface area contributed by atoms with Crippen molar-refractivity contribution in [1.29, 1.82) is 0 Å². The summed E-state index contributed by atoms with van der Waals surface area (Å²) in [7, 11) is 0. The van der Waals surface area contributed by atoms with Crippen molar-refractivity contribution in [3.8, 4) is 11.5 Å². The first-order valence-corrected chi connectivity index (χ1v) is 12.2. The van der Waals surface area contributed by atoms with Crippen LogP contribution in [0.4, 0.5) is 21.9 Å². The Kier molecular flexibility index (Phi) is 5.44. The molecule has 4 aromatic rings. The van der Waals surface area contributed by atoms with Crippen molar-refractivity contribution in [2.24, 2.45) is 0 Å². The molecule has 9 heteroatoms. The normalized spacial score (nSPS) is 18.9. The van der Waals surface area contributed by atoms with Crippen LogP contribution in [0.25, 0.3) is 10.2 Å². The molecular weight excluding hydrogens is 464 g/mol. The van der Waals surface area contributed by atoms with Crippen molar-refractivity contribution in [3.63, 3.8) is 0 Å². The molecule has 35 heavy (non-hydrogen) atoms. The molecule has 4 heterocycles. The lowest BCUT2D eigenvalue weighted by atomic mass is 10.1. The number of hydrogen-bond acceptors (Lipinski definition) is 6. The van der Waals surface area contributed by atoms with Gasteiger partial charge in [0.1, 0.15) is 26.9 Å². The fourth-order valence-electron chi connectivity index (χ4n) is 4.58. The number of pyridine rings is 1. The van der Waals surface area contributed by atoms with E-state index in [0.29, 0.717) is 39.3 Å². The Hall–Kier alpha value is -3.79. The fraction of sp³-hybridized carbons (Fsp3) is 0.192. The first-order chi connectivity index (χ1) is 17.1. The van der Waals surface area contributed by atoms with Gasteiger partial charge >= 0.3 is 6.03 Å². The van der Waals surface area contributed by atoms with E-state index in [2.05, 4.69) is 15.6 Å². The SMILES string of the molecule is Cc1cc(Oc2ccccc2)ccc1[NH+]1C(=O)Nc2c(C(=O)N[C@H]3CCOC3)sc3nccc1c23. The molecular formula is C26H23N4O4S+. The van der Waals surface area contributed by atoms with Crippen molar-refractivity contribution in [1.82, 2.24) is 10.3 Å². The van der Waals surface area contributed by atoms with Crippen molar-refractivity contribution in [3.05, 3.63) is 71.2 Å². The van der Waals surface area contributed by atoms with Crippen LogP contribution in [-0.2, 0) is 4.74 Å². The number of quaternary nitrogens is 1. The molecule has 1 unspecified atom stereocenters. The molecule has 2 atom stereocenters. The van der Waals surface area contributed by atoms with Crippen molar-refractivity contribution < 1.29 is 24.0 Å². The minimum atomic E-state index is -0.249. The van der Waals surface area contributed by atoms with Gasteiger partial charge in [0.05, 0.1) is 23.7 Å². The van der Waals surface area contributed by atoms with E-state index < -0.39 is 0 Å². The number of rotatable bonds is 5. The highest BCUT2D eigenvalue weighted by molar-refractivity contribution is 7.21. The maximum absolute atomic E-state index is 13.4. The third kappa shape index (κ3) is 3.93. The topological polar surface area (TPSA) is 94.0 Å². The number of para-hydroxylation sites is 1. The number of thiophene rings is 1. The zero-order valence-electron chi connectivity index (χ0n) is 19.0. The second-order valence-electron chi connectivity index (χ2n) is 8.60. The number of urea groups is 1. The van der Waals surface area contributed by atoms with Crippen LogP contribution in [0, 0.1) is 6.92 Å². The summed E-state index contributed by atoms with van der Waals surface area (Å²) in [5.41, 5.74) is 3.01. The molecule has 0 spiro atoms. The van der Waals surface area contributed by atoms with Gasteiger partial charge in [0.2, 0.25) is 0 Å². The Morgan fingerprint density at radius 2 is 2.03 bits per heavy atom. The van der Waals surface area contributed by atoms with Gasteiger partial charge in [-0.1, -0.05) is 18.2 Å². The zero-order valence-corrected chi connectivity index (χ0v) is 19.8. The van der Waals surface area contributed by atoms with Crippen LogP contribution in [0.15, 0.2) is 60.8 Å².